The number of hydrogen-bond acceptors (Lipinski definition) is 4. The number of aliphatic hydroxyl groups excluding tert-OH is 1. The monoisotopic (exact) mass is 419 g/mol. The van der Waals surface area contributed by atoms with Crippen molar-refractivity contribution < 1.29 is 14.6 Å². The lowest BCUT2D eigenvalue weighted by Crippen LogP contribution is -2.43. The minimum absolute atomic E-state index is 0.0103. The molecule has 0 saturated carbocycles. The number of aliphatic hydroxyl groups is 1. The predicted molar refractivity (Wildman–Crippen MR) is 126 cm³/mol. The van der Waals surface area contributed by atoms with E-state index in [0.29, 0.717) is 38.2 Å². The fourth-order valence-electron chi connectivity index (χ4n) is 4.43. The Labute approximate surface area is 185 Å². The Morgan fingerprint density at radius 2 is 1.63 bits per heavy atom. The summed E-state index contributed by atoms with van der Waals surface area (Å²) in [5, 5.41) is 10.3. The molecular formula is C26H45NO3. The Kier molecular flexibility index (Phi) is 8.79. The summed E-state index contributed by atoms with van der Waals surface area (Å²) in [6.07, 6.45) is 0.840. The van der Waals surface area contributed by atoms with Gasteiger partial charge in [0, 0.05) is 19.6 Å². The van der Waals surface area contributed by atoms with Crippen LogP contribution in [0.2, 0.25) is 0 Å². The molecule has 1 aliphatic heterocycles. The fourth-order valence-corrected chi connectivity index (χ4v) is 4.43. The molecule has 0 bridgehead atoms. The lowest BCUT2D eigenvalue weighted by molar-refractivity contribution is -0.00221. The molecule has 1 saturated heterocycles. The van der Waals surface area contributed by atoms with Crippen molar-refractivity contribution in [2.75, 3.05) is 39.5 Å². The van der Waals surface area contributed by atoms with Gasteiger partial charge in [-0.05, 0) is 46.3 Å². The van der Waals surface area contributed by atoms with E-state index in [0.717, 1.165) is 18.8 Å². The molecule has 1 aromatic rings. The van der Waals surface area contributed by atoms with Gasteiger partial charge in [-0.15, -0.1) is 0 Å². The van der Waals surface area contributed by atoms with E-state index in [1.54, 1.807) is 0 Å². The molecule has 0 radical (unpaired) electrons. The number of benzene rings is 1. The topological polar surface area (TPSA) is 41.9 Å². The first kappa shape index (κ1) is 25.2. The van der Waals surface area contributed by atoms with Gasteiger partial charge in [0.05, 0.1) is 19.3 Å². The second-order valence-corrected chi connectivity index (χ2v) is 11.5. The number of β-amino-alcohol motifs (C(OH)–C–C–N with tert-alkyl or cyclic N) is 1. The quantitative estimate of drug-likeness (QED) is 0.601. The number of hydrogen-bond donors (Lipinski definition) is 1. The van der Waals surface area contributed by atoms with Gasteiger partial charge >= 0.3 is 0 Å². The summed E-state index contributed by atoms with van der Waals surface area (Å²) in [5.41, 5.74) is 2.67. The van der Waals surface area contributed by atoms with Gasteiger partial charge in [-0.3, -0.25) is 0 Å². The van der Waals surface area contributed by atoms with E-state index >= 15 is 0 Å². The van der Waals surface area contributed by atoms with Crippen molar-refractivity contribution in [1.82, 2.24) is 4.90 Å². The van der Waals surface area contributed by atoms with E-state index in [-0.39, 0.29) is 10.8 Å². The zero-order chi connectivity index (χ0) is 22.5. The molecule has 4 heteroatoms. The third-order valence-corrected chi connectivity index (χ3v) is 5.86. The summed E-state index contributed by atoms with van der Waals surface area (Å²) in [6.45, 7) is 22.1. The average Bonchev–Trinajstić information content (AvgIpc) is 2.58. The van der Waals surface area contributed by atoms with Crippen LogP contribution in [0.3, 0.4) is 0 Å². The van der Waals surface area contributed by atoms with Gasteiger partial charge < -0.3 is 19.5 Å². The number of ether oxygens (including phenoxy) is 2. The zero-order valence-corrected chi connectivity index (χ0v) is 20.6. The maximum absolute atomic E-state index is 10.3. The highest BCUT2D eigenvalue weighted by Crippen LogP contribution is 2.35. The molecule has 1 heterocycles. The van der Waals surface area contributed by atoms with E-state index in [1.165, 1.54) is 17.5 Å². The molecule has 4 nitrogen and oxygen atoms in total. The number of piperidine rings is 1. The normalized spacial score (nSPS) is 22.2. The van der Waals surface area contributed by atoms with Gasteiger partial charge in [0.15, 0.2) is 0 Å². The molecule has 0 unspecified atom stereocenters. The lowest BCUT2D eigenvalue weighted by Gasteiger charge is -2.35. The van der Waals surface area contributed by atoms with Crippen LogP contribution in [0.1, 0.15) is 72.9 Å². The van der Waals surface area contributed by atoms with E-state index in [2.05, 4.69) is 78.5 Å². The molecule has 0 aromatic heterocycles. The van der Waals surface area contributed by atoms with Crippen LogP contribution in [-0.2, 0) is 15.6 Å². The largest absolute Gasteiger partial charge is 0.491 e. The first-order chi connectivity index (χ1) is 13.9. The summed E-state index contributed by atoms with van der Waals surface area (Å²) in [5.74, 6) is 2.34. The predicted octanol–water partition coefficient (Wildman–Crippen LogP) is 5.02. The zero-order valence-electron chi connectivity index (χ0n) is 20.6. The van der Waals surface area contributed by atoms with Gasteiger partial charge in [0.2, 0.25) is 0 Å². The molecule has 2 rings (SSSR count). The van der Waals surface area contributed by atoms with Crippen molar-refractivity contribution in [2.24, 2.45) is 11.8 Å². The SMILES string of the molecule is C[C@@H]1C[C@H](C)CN(C[C@@H](O)COCCOc2ccc(C(C)(C)C)cc2C(C)(C)C)C1. The van der Waals surface area contributed by atoms with Crippen molar-refractivity contribution in [1.29, 1.82) is 0 Å². The highest BCUT2D eigenvalue weighted by molar-refractivity contribution is 5.43. The first-order valence-corrected chi connectivity index (χ1v) is 11.6. The summed E-state index contributed by atoms with van der Waals surface area (Å²) in [6, 6.07) is 6.53. The van der Waals surface area contributed by atoms with Crippen LogP contribution in [-0.4, -0.2) is 55.6 Å². The van der Waals surface area contributed by atoms with Crippen molar-refractivity contribution >= 4 is 0 Å². The Bertz CT molecular complexity index is 649. The highest BCUT2D eigenvalue weighted by Gasteiger charge is 2.24. The minimum atomic E-state index is -0.446. The van der Waals surface area contributed by atoms with Crippen LogP contribution in [0.5, 0.6) is 5.75 Å². The van der Waals surface area contributed by atoms with Crippen molar-refractivity contribution in [2.45, 2.75) is 78.7 Å². The first-order valence-electron chi connectivity index (χ1n) is 11.6. The van der Waals surface area contributed by atoms with Crippen LogP contribution >= 0.6 is 0 Å². The number of likely N-dealkylation sites (tertiary alicyclic amines) is 1. The number of rotatable bonds is 8. The van der Waals surface area contributed by atoms with Gasteiger partial charge in [0.25, 0.3) is 0 Å². The maximum Gasteiger partial charge on any atom is 0.123 e. The molecule has 1 aliphatic rings. The summed E-state index contributed by atoms with van der Waals surface area (Å²) >= 11 is 0. The minimum Gasteiger partial charge on any atom is -0.491 e. The second-order valence-electron chi connectivity index (χ2n) is 11.5. The summed E-state index contributed by atoms with van der Waals surface area (Å²) < 4.78 is 11.8. The molecule has 30 heavy (non-hydrogen) atoms. The highest BCUT2D eigenvalue weighted by atomic mass is 16.5. The third-order valence-electron chi connectivity index (χ3n) is 5.86. The molecule has 0 amide bonds. The Hall–Kier alpha value is -1.10. The van der Waals surface area contributed by atoms with Crippen molar-refractivity contribution in [3.05, 3.63) is 29.3 Å². The molecular weight excluding hydrogens is 374 g/mol. The molecule has 0 spiro atoms. The summed E-state index contributed by atoms with van der Waals surface area (Å²) in [7, 11) is 0. The Morgan fingerprint density at radius 3 is 2.20 bits per heavy atom. The molecule has 172 valence electrons. The molecule has 1 N–H and O–H groups in total. The second kappa shape index (κ2) is 10.5. The smallest absolute Gasteiger partial charge is 0.123 e. The van der Waals surface area contributed by atoms with E-state index in [4.69, 9.17) is 9.47 Å². The van der Waals surface area contributed by atoms with Gasteiger partial charge in [0.1, 0.15) is 12.4 Å². The Morgan fingerprint density at radius 1 is 1.00 bits per heavy atom. The van der Waals surface area contributed by atoms with Crippen LogP contribution in [0.25, 0.3) is 0 Å². The van der Waals surface area contributed by atoms with E-state index < -0.39 is 6.10 Å². The molecule has 3 atom stereocenters. The molecule has 1 aromatic carbocycles. The van der Waals surface area contributed by atoms with Gasteiger partial charge in [-0.2, -0.15) is 0 Å². The summed E-state index contributed by atoms with van der Waals surface area (Å²) in [4.78, 5) is 2.37. The molecule has 0 aliphatic carbocycles. The fraction of sp³-hybridized carbons (Fsp3) is 0.769. The Balaban J connectivity index is 1.80. The maximum atomic E-state index is 10.3. The standard InChI is InChI=1S/C26H45NO3/c1-19-13-20(2)16-27(15-19)17-22(28)18-29-11-12-30-24-10-9-21(25(3,4)5)14-23(24)26(6,7)8/h9-10,14,19-20,22,28H,11-13,15-18H2,1-8H3/t19-,20+,22-/m1/s1. The third kappa shape index (κ3) is 7.86. The van der Waals surface area contributed by atoms with Crippen LogP contribution in [0.15, 0.2) is 18.2 Å². The average molecular weight is 420 g/mol. The lowest BCUT2D eigenvalue weighted by atomic mass is 9.80. The van der Waals surface area contributed by atoms with Crippen molar-refractivity contribution in [3.63, 3.8) is 0 Å². The van der Waals surface area contributed by atoms with Gasteiger partial charge in [-0.25, -0.2) is 0 Å². The van der Waals surface area contributed by atoms with E-state index in [9.17, 15) is 5.11 Å². The van der Waals surface area contributed by atoms with Crippen molar-refractivity contribution in [3.8, 4) is 5.75 Å². The van der Waals surface area contributed by atoms with Crippen LogP contribution in [0.4, 0.5) is 0 Å². The van der Waals surface area contributed by atoms with E-state index in [1.807, 2.05) is 0 Å². The van der Waals surface area contributed by atoms with Crippen LogP contribution in [0, 0.1) is 11.8 Å². The number of nitrogens with zero attached hydrogens (tertiary/aromatic N) is 1. The van der Waals surface area contributed by atoms with Gasteiger partial charge in [-0.1, -0.05) is 67.5 Å². The van der Waals surface area contributed by atoms with Crippen LogP contribution < -0.4 is 4.74 Å². The molecule has 1 fully saturated rings.